The molecule has 0 bridgehead atoms. The first-order valence-corrected chi connectivity index (χ1v) is 15.2. The van der Waals surface area contributed by atoms with Crippen LogP contribution in [0.15, 0.2) is 51.3 Å². The van der Waals surface area contributed by atoms with Gasteiger partial charge in [0, 0.05) is 11.4 Å². The van der Waals surface area contributed by atoms with Crippen molar-refractivity contribution in [2.24, 2.45) is 21.5 Å². The van der Waals surface area contributed by atoms with E-state index in [4.69, 9.17) is 32.4 Å². The number of anilines is 2. The van der Waals surface area contributed by atoms with Crippen LogP contribution in [0, 0.1) is 6.92 Å². The SMILES string of the molecule is CCS(=O)(=O)O.Cc1cc(NC(=O)NCCOc2ccc(N3C(N)=NC(N)=NC3(C)C)cc2Cl)ccc1S(=O)(=O)F. The van der Waals surface area contributed by atoms with E-state index in [0.717, 1.165) is 6.07 Å². The number of amides is 2. The number of carbonyl (C=O) groups is 1. The van der Waals surface area contributed by atoms with Crippen molar-refractivity contribution in [3.05, 3.63) is 47.0 Å². The third kappa shape index (κ3) is 10.0. The molecule has 0 fully saturated rings. The van der Waals surface area contributed by atoms with Crippen LogP contribution >= 0.6 is 11.6 Å². The summed E-state index contributed by atoms with van der Waals surface area (Å²) in [5, 5.41) is 5.44. The summed E-state index contributed by atoms with van der Waals surface area (Å²) >= 11 is 6.36. The lowest BCUT2D eigenvalue weighted by Crippen LogP contribution is -2.54. The number of nitrogens with one attached hydrogen (secondary N) is 2. The molecule has 0 atom stereocenters. The lowest BCUT2D eigenvalue weighted by molar-refractivity contribution is 0.247. The number of rotatable bonds is 8. The molecule has 226 valence electrons. The summed E-state index contributed by atoms with van der Waals surface area (Å²) in [7, 11) is -8.49. The van der Waals surface area contributed by atoms with Crippen LogP contribution in [-0.2, 0) is 20.3 Å². The molecule has 1 aliphatic heterocycles. The maximum Gasteiger partial charge on any atom is 0.332 e. The van der Waals surface area contributed by atoms with Gasteiger partial charge in [-0.3, -0.25) is 9.45 Å². The van der Waals surface area contributed by atoms with Gasteiger partial charge in [0.1, 0.15) is 22.9 Å². The van der Waals surface area contributed by atoms with Gasteiger partial charge in [-0.15, -0.1) is 3.89 Å². The number of halogens is 2. The molecule has 1 heterocycles. The molecule has 14 nitrogen and oxygen atoms in total. The minimum absolute atomic E-state index is 0.0891. The Morgan fingerprint density at radius 2 is 1.80 bits per heavy atom. The van der Waals surface area contributed by atoms with Crippen molar-refractivity contribution in [1.82, 2.24) is 5.32 Å². The second-order valence-electron chi connectivity index (χ2n) is 8.90. The average molecular weight is 636 g/mol. The lowest BCUT2D eigenvalue weighted by Gasteiger charge is -2.38. The molecule has 0 aliphatic carbocycles. The van der Waals surface area contributed by atoms with Crippen molar-refractivity contribution < 1.29 is 34.8 Å². The predicted molar refractivity (Wildman–Crippen MR) is 155 cm³/mol. The number of ether oxygens (including phenoxy) is 1. The van der Waals surface area contributed by atoms with Crippen molar-refractivity contribution >= 4 is 61.3 Å². The Balaban J connectivity index is 0.000000883. The third-order valence-corrected chi connectivity index (χ3v) is 7.28. The maximum absolute atomic E-state index is 13.2. The summed E-state index contributed by atoms with van der Waals surface area (Å²) < 4.78 is 67.8. The fourth-order valence-corrected chi connectivity index (χ4v) is 4.40. The second kappa shape index (κ2) is 13.3. The van der Waals surface area contributed by atoms with Gasteiger partial charge in [0.25, 0.3) is 10.1 Å². The zero-order chi connectivity index (χ0) is 31.2. The number of aliphatic imine (C=N–C) groups is 2. The highest BCUT2D eigenvalue weighted by Crippen LogP contribution is 2.33. The van der Waals surface area contributed by atoms with Gasteiger partial charge in [-0.25, -0.2) is 9.79 Å². The first kappa shape index (κ1) is 33.5. The quantitative estimate of drug-likeness (QED) is 0.162. The van der Waals surface area contributed by atoms with Crippen LogP contribution in [0.4, 0.5) is 20.1 Å². The van der Waals surface area contributed by atoms with Crippen LogP contribution in [-0.4, -0.2) is 63.9 Å². The van der Waals surface area contributed by atoms with Gasteiger partial charge in [0.2, 0.25) is 11.9 Å². The summed E-state index contributed by atoms with van der Waals surface area (Å²) in [6.45, 7) is 6.71. The summed E-state index contributed by atoms with van der Waals surface area (Å²) in [4.78, 5) is 21.6. The van der Waals surface area contributed by atoms with Crippen LogP contribution in [0.1, 0.15) is 26.3 Å². The maximum atomic E-state index is 13.2. The van der Waals surface area contributed by atoms with Crippen LogP contribution in [0.5, 0.6) is 5.75 Å². The normalized spacial score (nSPS) is 14.7. The molecule has 18 heteroatoms. The minimum atomic E-state index is -4.83. The highest BCUT2D eigenvalue weighted by atomic mass is 35.5. The number of carbonyl (C=O) groups excluding carboxylic acids is 1. The number of nitrogens with two attached hydrogens (primary N) is 2. The van der Waals surface area contributed by atoms with Crippen LogP contribution in [0.2, 0.25) is 5.02 Å². The highest BCUT2D eigenvalue weighted by molar-refractivity contribution is 7.86. The number of hydrogen-bond donors (Lipinski definition) is 5. The fourth-order valence-electron chi connectivity index (χ4n) is 3.50. The Labute approximate surface area is 242 Å². The molecular weight excluding hydrogens is 605 g/mol. The summed E-state index contributed by atoms with van der Waals surface area (Å²) in [5.41, 5.74) is 12.1. The average Bonchev–Trinajstić information content (AvgIpc) is 2.81. The van der Waals surface area contributed by atoms with Crippen molar-refractivity contribution in [1.29, 1.82) is 0 Å². The number of nitrogens with zero attached hydrogens (tertiary/aromatic N) is 3. The van der Waals surface area contributed by atoms with E-state index in [0.29, 0.717) is 22.1 Å². The number of benzene rings is 2. The first-order valence-electron chi connectivity index (χ1n) is 11.8. The molecule has 1 aliphatic rings. The lowest BCUT2D eigenvalue weighted by atomic mass is 10.1. The van der Waals surface area contributed by atoms with E-state index < -0.39 is 36.9 Å². The van der Waals surface area contributed by atoms with E-state index in [1.807, 2.05) is 13.8 Å². The van der Waals surface area contributed by atoms with E-state index in [9.17, 15) is 25.5 Å². The van der Waals surface area contributed by atoms with E-state index in [1.165, 1.54) is 26.0 Å². The Morgan fingerprint density at radius 3 is 2.32 bits per heavy atom. The molecule has 0 spiro atoms. The summed E-state index contributed by atoms with van der Waals surface area (Å²) in [5.74, 6) is 0.460. The molecule has 0 unspecified atom stereocenters. The molecule has 2 amide bonds. The molecular formula is C23H31ClFN7O7S2. The zero-order valence-electron chi connectivity index (χ0n) is 22.6. The molecule has 0 aromatic heterocycles. The van der Waals surface area contributed by atoms with Crippen molar-refractivity contribution in [2.75, 3.05) is 29.1 Å². The van der Waals surface area contributed by atoms with Crippen molar-refractivity contribution in [3.63, 3.8) is 0 Å². The minimum Gasteiger partial charge on any atom is -0.490 e. The molecule has 41 heavy (non-hydrogen) atoms. The van der Waals surface area contributed by atoms with Gasteiger partial charge in [-0.05, 0) is 69.7 Å². The van der Waals surface area contributed by atoms with E-state index in [1.54, 1.807) is 23.1 Å². The fraction of sp³-hybridized carbons (Fsp3) is 0.348. The number of hydrogen-bond acceptors (Lipinski definition) is 11. The number of aryl methyl sites for hydroxylation is 1. The zero-order valence-corrected chi connectivity index (χ0v) is 24.9. The monoisotopic (exact) mass is 635 g/mol. The summed E-state index contributed by atoms with van der Waals surface area (Å²) in [6, 6.07) is 8.23. The highest BCUT2D eigenvalue weighted by Gasteiger charge is 2.33. The van der Waals surface area contributed by atoms with E-state index in [2.05, 4.69) is 20.6 Å². The molecule has 7 N–H and O–H groups in total. The largest absolute Gasteiger partial charge is 0.490 e. The molecule has 2 aromatic rings. The third-order valence-electron chi connectivity index (χ3n) is 5.27. The van der Waals surface area contributed by atoms with Crippen molar-refractivity contribution in [2.45, 2.75) is 38.3 Å². The van der Waals surface area contributed by atoms with Gasteiger partial charge < -0.3 is 26.8 Å². The predicted octanol–water partition coefficient (Wildman–Crippen LogP) is 2.59. The van der Waals surface area contributed by atoms with Crippen LogP contribution in [0.3, 0.4) is 0 Å². The van der Waals surface area contributed by atoms with Gasteiger partial charge >= 0.3 is 16.3 Å². The Morgan fingerprint density at radius 1 is 1.17 bits per heavy atom. The molecule has 0 saturated carbocycles. The molecule has 2 aromatic carbocycles. The number of guanidine groups is 2. The van der Waals surface area contributed by atoms with Crippen LogP contribution < -0.4 is 31.7 Å². The Bertz CT molecular complexity index is 1570. The topological polar surface area (TPSA) is 219 Å². The smallest absolute Gasteiger partial charge is 0.332 e. The first-order chi connectivity index (χ1) is 18.8. The summed E-state index contributed by atoms with van der Waals surface area (Å²) in [6.07, 6.45) is 0. The van der Waals surface area contributed by atoms with E-state index in [-0.39, 0.29) is 36.4 Å². The van der Waals surface area contributed by atoms with Crippen molar-refractivity contribution in [3.8, 4) is 5.75 Å². The van der Waals surface area contributed by atoms with Crippen LogP contribution in [0.25, 0.3) is 0 Å². The number of urea groups is 1. The van der Waals surface area contributed by atoms with Gasteiger partial charge in [-0.1, -0.05) is 11.6 Å². The standard InChI is InChI=1S/C21H25ClFN7O4S.C2H6O3S/c1-12-10-13(4-7-17(12)35(23,32)33)27-20(31)26-8-9-34-16-6-5-14(11-15(16)22)30-19(25)28-18(24)29-21(30,2)3;1-2-6(3,4)5/h4-7,10-11H,8-9H2,1-3H3,(H2,26,27,31)(H4,24,25,28,29);2H2,1H3,(H,3,4,5). The van der Waals surface area contributed by atoms with Gasteiger partial charge in [-0.2, -0.15) is 21.8 Å². The molecule has 0 saturated heterocycles. The van der Waals surface area contributed by atoms with E-state index >= 15 is 0 Å². The van der Waals surface area contributed by atoms with Gasteiger partial charge in [0.15, 0.2) is 0 Å². The molecule has 3 rings (SSSR count). The Hall–Kier alpha value is -3.67. The second-order valence-corrected chi connectivity index (χ2v) is 12.4. The van der Waals surface area contributed by atoms with Gasteiger partial charge in [0.05, 0.1) is 17.3 Å². The Kier molecular flexibility index (Phi) is 10.9. The molecule has 0 radical (unpaired) electrons.